The molecule has 0 amide bonds. The van der Waals surface area contributed by atoms with Crippen molar-refractivity contribution >= 4 is 0 Å². The summed E-state index contributed by atoms with van der Waals surface area (Å²) in [6.45, 7) is 4.95. The zero-order chi connectivity index (χ0) is 10.2. The van der Waals surface area contributed by atoms with Crippen LogP contribution < -0.4 is 5.73 Å². The van der Waals surface area contributed by atoms with Crippen molar-refractivity contribution < 1.29 is 9.47 Å². The Morgan fingerprint density at radius 3 is 2.79 bits per heavy atom. The number of hydrogen-bond acceptors (Lipinski definition) is 3. The molecule has 1 aliphatic rings. The van der Waals surface area contributed by atoms with Crippen molar-refractivity contribution in [2.75, 3.05) is 26.4 Å². The molecule has 0 aromatic heterocycles. The van der Waals surface area contributed by atoms with E-state index < -0.39 is 0 Å². The highest BCUT2D eigenvalue weighted by atomic mass is 16.5. The van der Waals surface area contributed by atoms with Crippen molar-refractivity contribution in [2.24, 2.45) is 11.7 Å². The number of ether oxygens (including phenoxy) is 2. The van der Waals surface area contributed by atoms with Crippen molar-refractivity contribution in [3.05, 3.63) is 0 Å². The van der Waals surface area contributed by atoms with Gasteiger partial charge in [-0.05, 0) is 18.8 Å². The van der Waals surface area contributed by atoms with E-state index in [2.05, 4.69) is 6.92 Å². The molecular weight excluding hydrogens is 178 g/mol. The fourth-order valence-electron chi connectivity index (χ4n) is 1.99. The normalized spacial score (nSPS) is 27.9. The Balaban J connectivity index is 1.95. The summed E-state index contributed by atoms with van der Waals surface area (Å²) < 4.78 is 11.0. The molecule has 1 saturated carbocycles. The fraction of sp³-hybridized carbons (Fsp3) is 1.00. The lowest BCUT2D eigenvalue weighted by Gasteiger charge is -2.26. The average Bonchev–Trinajstić information content (AvgIpc) is 2.18. The van der Waals surface area contributed by atoms with E-state index in [1.165, 1.54) is 25.7 Å². The molecule has 2 N–H and O–H groups in total. The van der Waals surface area contributed by atoms with Crippen molar-refractivity contribution in [3.8, 4) is 0 Å². The van der Waals surface area contributed by atoms with E-state index in [0.29, 0.717) is 25.9 Å². The van der Waals surface area contributed by atoms with Crippen molar-refractivity contribution in [2.45, 2.75) is 38.7 Å². The van der Waals surface area contributed by atoms with Gasteiger partial charge < -0.3 is 15.2 Å². The molecule has 0 heterocycles. The van der Waals surface area contributed by atoms with Crippen LogP contribution in [0, 0.1) is 5.92 Å². The molecule has 0 saturated heterocycles. The third-order valence-electron chi connectivity index (χ3n) is 2.73. The molecule has 1 rings (SSSR count). The number of nitrogens with two attached hydrogens (primary N) is 1. The molecule has 0 aliphatic heterocycles. The minimum atomic E-state index is 0.472. The van der Waals surface area contributed by atoms with E-state index in [9.17, 15) is 0 Å². The van der Waals surface area contributed by atoms with Gasteiger partial charge in [0.1, 0.15) is 0 Å². The SMILES string of the molecule is CC1CCCC(OCCOCCN)C1. The van der Waals surface area contributed by atoms with Crippen LogP contribution in [0.25, 0.3) is 0 Å². The zero-order valence-electron chi connectivity index (χ0n) is 9.21. The Hall–Kier alpha value is -0.120. The lowest BCUT2D eigenvalue weighted by atomic mass is 9.89. The Bertz CT molecular complexity index is 141. The lowest BCUT2D eigenvalue weighted by Crippen LogP contribution is -2.23. The van der Waals surface area contributed by atoms with Gasteiger partial charge >= 0.3 is 0 Å². The molecule has 1 fully saturated rings. The fourth-order valence-corrected chi connectivity index (χ4v) is 1.99. The first kappa shape index (κ1) is 12.0. The Morgan fingerprint density at radius 1 is 1.21 bits per heavy atom. The third-order valence-corrected chi connectivity index (χ3v) is 2.73. The van der Waals surface area contributed by atoms with Gasteiger partial charge in [0, 0.05) is 6.54 Å². The van der Waals surface area contributed by atoms with Gasteiger partial charge in [-0.3, -0.25) is 0 Å². The summed E-state index contributed by atoms with van der Waals surface area (Å²) in [4.78, 5) is 0. The predicted molar refractivity (Wildman–Crippen MR) is 57.2 cm³/mol. The topological polar surface area (TPSA) is 44.5 Å². The monoisotopic (exact) mass is 201 g/mol. The Morgan fingerprint density at radius 2 is 2.07 bits per heavy atom. The maximum absolute atomic E-state index is 5.73. The van der Waals surface area contributed by atoms with Crippen LogP contribution in [0.1, 0.15) is 32.6 Å². The molecule has 14 heavy (non-hydrogen) atoms. The van der Waals surface area contributed by atoms with Gasteiger partial charge in [0.15, 0.2) is 0 Å². The third kappa shape index (κ3) is 4.94. The van der Waals surface area contributed by atoms with Gasteiger partial charge in [0.25, 0.3) is 0 Å². The van der Waals surface area contributed by atoms with E-state index in [4.69, 9.17) is 15.2 Å². The highest BCUT2D eigenvalue weighted by Gasteiger charge is 2.18. The molecule has 0 aromatic rings. The van der Waals surface area contributed by atoms with Gasteiger partial charge in [-0.25, -0.2) is 0 Å². The van der Waals surface area contributed by atoms with Gasteiger partial charge in [-0.15, -0.1) is 0 Å². The molecule has 1 aliphatic carbocycles. The van der Waals surface area contributed by atoms with E-state index in [0.717, 1.165) is 12.5 Å². The van der Waals surface area contributed by atoms with Crippen LogP contribution in [0.4, 0.5) is 0 Å². The summed E-state index contributed by atoms with van der Waals surface area (Å²) in [5.41, 5.74) is 5.31. The summed E-state index contributed by atoms with van der Waals surface area (Å²) >= 11 is 0. The summed E-state index contributed by atoms with van der Waals surface area (Å²) in [5, 5.41) is 0. The van der Waals surface area contributed by atoms with Gasteiger partial charge in [0.2, 0.25) is 0 Å². The average molecular weight is 201 g/mol. The molecule has 0 aromatic carbocycles. The van der Waals surface area contributed by atoms with E-state index >= 15 is 0 Å². The highest BCUT2D eigenvalue weighted by Crippen LogP contribution is 2.25. The lowest BCUT2D eigenvalue weighted by molar-refractivity contribution is -0.0170. The minimum Gasteiger partial charge on any atom is -0.378 e. The molecule has 0 radical (unpaired) electrons. The Labute approximate surface area is 86.9 Å². The molecule has 3 heteroatoms. The zero-order valence-corrected chi connectivity index (χ0v) is 9.21. The van der Waals surface area contributed by atoms with Gasteiger partial charge in [0.05, 0.1) is 25.9 Å². The molecule has 84 valence electrons. The molecule has 2 atom stereocenters. The quantitative estimate of drug-likeness (QED) is 0.663. The highest BCUT2D eigenvalue weighted by molar-refractivity contribution is 4.70. The molecule has 3 nitrogen and oxygen atoms in total. The van der Waals surface area contributed by atoms with Crippen molar-refractivity contribution in [3.63, 3.8) is 0 Å². The van der Waals surface area contributed by atoms with Crippen LogP contribution in [0.3, 0.4) is 0 Å². The first-order chi connectivity index (χ1) is 6.83. The van der Waals surface area contributed by atoms with Gasteiger partial charge in [-0.2, -0.15) is 0 Å². The maximum atomic E-state index is 5.73. The summed E-state index contributed by atoms with van der Waals surface area (Å²) in [7, 11) is 0. The summed E-state index contributed by atoms with van der Waals surface area (Å²) in [6, 6.07) is 0. The summed E-state index contributed by atoms with van der Waals surface area (Å²) in [6.07, 6.45) is 5.59. The summed E-state index contributed by atoms with van der Waals surface area (Å²) in [5.74, 6) is 0.832. The van der Waals surface area contributed by atoms with Crippen molar-refractivity contribution in [1.29, 1.82) is 0 Å². The van der Waals surface area contributed by atoms with Gasteiger partial charge in [-0.1, -0.05) is 19.8 Å². The van der Waals surface area contributed by atoms with E-state index in [1.807, 2.05) is 0 Å². The van der Waals surface area contributed by atoms with Crippen LogP contribution in [0.2, 0.25) is 0 Å². The minimum absolute atomic E-state index is 0.472. The van der Waals surface area contributed by atoms with E-state index in [1.54, 1.807) is 0 Å². The standard InChI is InChI=1S/C11H23NO2/c1-10-3-2-4-11(9-10)14-8-7-13-6-5-12/h10-11H,2-9,12H2,1H3. The van der Waals surface area contributed by atoms with Crippen molar-refractivity contribution in [1.82, 2.24) is 0 Å². The maximum Gasteiger partial charge on any atom is 0.0704 e. The van der Waals surface area contributed by atoms with Crippen LogP contribution in [0.5, 0.6) is 0 Å². The van der Waals surface area contributed by atoms with Crippen LogP contribution in [-0.4, -0.2) is 32.5 Å². The first-order valence-corrected chi connectivity index (χ1v) is 5.72. The molecule has 2 unspecified atom stereocenters. The van der Waals surface area contributed by atoms with Crippen LogP contribution in [-0.2, 0) is 9.47 Å². The smallest absolute Gasteiger partial charge is 0.0704 e. The molecular formula is C11H23NO2. The number of rotatable bonds is 6. The molecule has 0 bridgehead atoms. The molecule has 0 spiro atoms. The second-order valence-corrected chi connectivity index (χ2v) is 4.17. The van der Waals surface area contributed by atoms with Crippen LogP contribution >= 0.6 is 0 Å². The Kier molecular flexibility index (Phi) is 6.15. The predicted octanol–water partition coefficient (Wildman–Crippen LogP) is 1.56. The second kappa shape index (κ2) is 7.21. The number of hydrogen-bond donors (Lipinski definition) is 1. The van der Waals surface area contributed by atoms with E-state index in [-0.39, 0.29) is 0 Å². The van der Waals surface area contributed by atoms with Crippen LogP contribution in [0.15, 0.2) is 0 Å². The first-order valence-electron chi connectivity index (χ1n) is 5.72. The second-order valence-electron chi connectivity index (χ2n) is 4.17. The largest absolute Gasteiger partial charge is 0.378 e.